The summed E-state index contributed by atoms with van der Waals surface area (Å²) in [5.74, 6) is 1.61. The summed E-state index contributed by atoms with van der Waals surface area (Å²) in [6.07, 6.45) is 2.38. The fourth-order valence-electron chi connectivity index (χ4n) is 3.67. The van der Waals surface area contributed by atoms with Crippen LogP contribution in [0.3, 0.4) is 0 Å². The lowest BCUT2D eigenvalue weighted by Gasteiger charge is -2.27. The Labute approximate surface area is 164 Å². The second-order valence-electron chi connectivity index (χ2n) is 7.04. The van der Waals surface area contributed by atoms with Crippen molar-refractivity contribution >= 4 is 38.2 Å². The zero-order chi connectivity index (χ0) is 19.7. The Hall–Kier alpha value is -2.74. The van der Waals surface area contributed by atoms with Gasteiger partial charge in [0.2, 0.25) is 5.95 Å². The van der Waals surface area contributed by atoms with Gasteiger partial charge in [-0.2, -0.15) is 4.98 Å². The Bertz CT molecular complexity index is 1110. The van der Waals surface area contributed by atoms with Crippen LogP contribution in [0.5, 0.6) is 0 Å². The molecule has 4 rings (SSSR count). The van der Waals surface area contributed by atoms with Crippen molar-refractivity contribution < 1.29 is 8.42 Å². The zero-order valence-corrected chi connectivity index (χ0v) is 16.8. The van der Waals surface area contributed by atoms with E-state index in [4.69, 9.17) is 0 Å². The lowest BCUT2D eigenvalue weighted by molar-refractivity contribution is 0.599. The second-order valence-corrected chi connectivity index (χ2v) is 9.27. The van der Waals surface area contributed by atoms with Crippen LogP contribution in [0.2, 0.25) is 0 Å². The van der Waals surface area contributed by atoms with Crippen LogP contribution in [0.25, 0.3) is 10.9 Å². The van der Waals surface area contributed by atoms with E-state index in [1.807, 2.05) is 55.1 Å². The maximum Gasteiger partial charge on any atom is 0.227 e. The van der Waals surface area contributed by atoms with Gasteiger partial charge in [-0.1, -0.05) is 18.2 Å². The van der Waals surface area contributed by atoms with Gasteiger partial charge in [0.25, 0.3) is 0 Å². The summed E-state index contributed by atoms with van der Waals surface area (Å²) in [4.78, 5) is 15.7. The van der Waals surface area contributed by atoms with Gasteiger partial charge in [0.15, 0.2) is 9.84 Å². The molecule has 1 atom stereocenters. The molecule has 1 aromatic carbocycles. The molecule has 0 radical (unpaired) electrons. The fourth-order valence-corrected chi connectivity index (χ4v) is 5.40. The second kappa shape index (κ2) is 7.35. The SMILES string of the molecule is CCN(c1nc(C)cc(Nc2cccc3cccnc23)n1)C1CCS(=O)(=O)C1. The first-order valence-corrected chi connectivity index (χ1v) is 11.2. The molecule has 1 fully saturated rings. The van der Waals surface area contributed by atoms with Crippen molar-refractivity contribution in [3.05, 3.63) is 48.3 Å². The predicted octanol–water partition coefficient (Wildman–Crippen LogP) is 3.09. The fraction of sp³-hybridized carbons (Fsp3) is 0.350. The number of sulfone groups is 1. The first-order chi connectivity index (χ1) is 13.4. The van der Waals surface area contributed by atoms with Crippen molar-refractivity contribution in [2.75, 3.05) is 28.3 Å². The number of nitrogens with zero attached hydrogens (tertiary/aromatic N) is 4. The molecule has 7 nitrogen and oxygen atoms in total. The molecule has 1 aliphatic rings. The minimum atomic E-state index is -2.97. The number of nitrogens with one attached hydrogen (secondary N) is 1. The third-order valence-electron chi connectivity index (χ3n) is 4.98. The molecule has 2 aromatic heterocycles. The summed E-state index contributed by atoms with van der Waals surface area (Å²) in [6, 6.07) is 11.7. The maximum atomic E-state index is 11.9. The molecule has 1 saturated heterocycles. The Balaban J connectivity index is 1.67. The Kier molecular flexibility index (Phi) is 4.89. The molecule has 28 heavy (non-hydrogen) atoms. The van der Waals surface area contributed by atoms with E-state index in [2.05, 4.69) is 20.3 Å². The highest BCUT2D eigenvalue weighted by Crippen LogP contribution is 2.27. The minimum Gasteiger partial charge on any atom is -0.338 e. The van der Waals surface area contributed by atoms with Crippen molar-refractivity contribution in [2.45, 2.75) is 26.3 Å². The van der Waals surface area contributed by atoms with Crippen molar-refractivity contribution in [1.82, 2.24) is 15.0 Å². The zero-order valence-electron chi connectivity index (χ0n) is 16.0. The molecule has 0 bridgehead atoms. The average Bonchev–Trinajstić information content (AvgIpc) is 3.02. The molecular weight excluding hydrogens is 374 g/mol. The summed E-state index contributed by atoms with van der Waals surface area (Å²) in [5.41, 5.74) is 2.56. The summed E-state index contributed by atoms with van der Waals surface area (Å²) in [7, 11) is -2.97. The lowest BCUT2D eigenvalue weighted by atomic mass is 10.2. The van der Waals surface area contributed by atoms with E-state index in [-0.39, 0.29) is 17.5 Å². The predicted molar refractivity (Wildman–Crippen MR) is 112 cm³/mol. The van der Waals surface area contributed by atoms with E-state index in [1.54, 1.807) is 6.20 Å². The van der Waals surface area contributed by atoms with Crippen LogP contribution in [0.15, 0.2) is 42.6 Å². The van der Waals surface area contributed by atoms with Crippen LogP contribution in [0, 0.1) is 6.92 Å². The standard InChI is InChI=1S/C20H23N5O2S/c1-3-25(16-9-11-28(26,27)13-16)20-22-14(2)12-18(24-20)23-17-8-4-6-15-7-5-10-21-19(15)17/h4-8,10,12,16H,3,9,11,13H2,1-2H3,(H,22,23,24). The largest absolute Gasteiger partial charge is 0.338 e. The van der Waals surface area contributed by atoms with Crippen LogP contribution < -0.4 is 10.2 Å². The average molecular weight is 398 g/mol. The summed E-state index contributed by atoms with van der Waals surface area (Å²) >= 11 is 0. The molecule has 1 aliphatic heterocycles. The molecule has 0 spiro atoms. The normalized spacial score (nSPS) is 18.3. The Morgan fingerprint density at radius 1 is 1.21 bits per heavy atom. The number of aromatic nitrogens is 3. The highest BCUT2D eigenvalue weighted by Gasteiger charge is 2.33. The summed E-state index contributed by atoms with van der Waals surface area (Å²) < 4.78 is 23.8. The molecule has 1 N–H and O–H groups in total. The van der Waals surface area contributed by atoms with Gasteiger partial charge in [-0.3, -0.25) is 4.98 Å². The van der Waals surface area contributed by atoms with E-state index in [9.17, 15) is 8.42 Å². The lowest BCUT2D eigenvalue weighted by Crippen LogP contribution is -2.37. The molecular formula is C20H23N5O2S. The molecule has 0 saturated carbocycles. The van der Waals surface area contributed by atoms with E-state index in [1.165, 1.54) is 0 Å². The molecule has 3 heterocycles. The summed E-state index contributed by atoms with van der Waals surface area (Å²) in [5, 5.41) is 4.40. The van der Waals surface area contributed by atoms with Gasteiger partial charge in [0, 0.05) is 35.9 Å². The highest BCUT2D eigenvalue weighted by atomic mass is 32.2. The first kappa shape index (κ1) is 18.6. The Morgan fingerprint density at radius 2 is 2.04 bits per heavy atom. The van der Waals surface area contributed by atoms with Crippen molar-refractivity contribution in [1.29, 1.82) is 0 Å². The van der Waals surface area contributed by atoms with Gasteiger partial charge in [-0.25, -0.2) is 13.4 Å². The summed E-state index contributed by atoms with van der Waals surface area (Å²) in [6.45, 7) is 4.56. The van der Waals surface area contributed by atoms with Gasteiger partial charge >= 0.3 is 0 Å². The number of hydrogen-bond acceptors (Lipinski definition) is 7. The minimum absolute atomic E-state index is 0.0797. The van der Waals surface area contributed by atoms with Gasteiger partial charge < -0.3 is 10.2 Å². The van der Waals surface area contributed by atoms with E-state index >= 15 is 0 Å². The van der Waals surface area contributed by atoms with E-state index in [0.29, 0.717) is 24.7 Å². The van der Waals surface area contributed by atoms with E-state index in [0.717, 1.165) is 22.3 Å². The van der Waals surface area contributed by atoms with Gasteiger partial charge in [-0.05, 0) is 32.4 Å². The van der Waals surface area contributed by atoms with Crippen molar-refractivity contribution in [3.63, 3.8) is 0 Å². The maximum absolute atomic E-state index is 11.9. The number of aryl methyl sites for hydroxylation is 1. The Morgan fingerprint density at radius 3 is 2.79 bits per heavy atom. The highest BCUT2D eigenvalue weighted by molar-refractivity contribution is 7.91. The van der Waals surface area contributed by atoms with Crippen LogP contribution in [0.4, 0.5) is 17.5 Å². The number of rotatable bonds is 5. The number of para-hydroxylation sites is 1. The van der Waals surface area contributed by atoms with Crippen LogP contribution in [0.1, 0.15) is 19.0 Å². The molecule has 8 heteroatoms. The van der Waals surface area contributed by atoms with Crippen molar-refractivity contribution in [3.8, 4) is 0 Å². The molecule has 0 amide bonds. The monoisotopic (exact) mass is 397 g/mol. The van der Waals surface area contributed by atoms with Gasteiger partial charge in [-0.15, -0.1) is 0 Å². The van der Waals surface area contributed by atoms with Crippen LogP contribution in [-0.4, -0.2) is 47.5 Å². The van der Waals surface area contributed by atoms with E-state index < -0.39 is 9.84 Å². The van der Waals surface area contributed by atoms with Gasteiger partial charge in [0.1, 0.15) is 5.82 Å². The van der Waals surface area contributed by atoms with Crippen LogP contribution >= 0.6 is 0 Å². The first-order valence-electron chi connectivity index (χ1n) is 9.39. The van der Waals surface area contributed by atoms with Crippen LogP contribution in [-0.2, 0) is 9.84 Å². The number of benzene rings is 1. The molecule has 3 aromatic rings. The smallest absolute Gasteiger partial charge is 0.227 e. The number of pyridine rings is 1. The number of fused-ring (bicyclic) bond motifs is 1. The third kappa shape index (κ3) is 3.77. The quantitative estimate of drug-likeness (QED) is 0.708. The molecule has 146 valence electrons. The molecule has 1 unspecified atom stereocenters. The third-order valence-corrected chi connectivity index (χ3v) is 6.73. The van der Waals surface area contributed by atoms with Gasteiger partial charge in [0.05, 0.1) is 22.7 Å². The number of hydrogen-bond donors (Lipinski definition) is 1. The number of anilines is 3. The topological polar surface area (TPSA) is 88.1 Å². The van der Waals surface area contributed by atoms with Crippen molar-refractivity contribution in [2.24, 2.45) is 0 Å². The molecule has 0 aliphatic carbocycles.